The average molecular weight is 370 g/mol. The molecule has 5 heteroatoms. The largest absolute Gasteiger partial charge is 0.497 e. The minimum absolute atomic E-state index is 0.00806. The van der Waals surface area contributed by atoms with E-state index in [1.54, 1.807) is 13.2 Å². The van der Waals surface area contributed by atoms with Crippen LogP contribution in [0, 0.1) is 6.92 Å². The molecule has 0 aromatic heterocycles. The maximum Gasteiger partial charge on any atom is 0.294 e. The van der Waals surface area contributed by atoms with E-state index in [0.717, 1.165) is 34.9 Å². The quantitative estimate of drug-likeness (QED) is 0.645. The highest BCUT2D eigenvalue weighted by molar-refractivity contribution is 7.85. The second-order valence-electron chi connectivity index (χ2n) is 6.49. The molecule has 0 aliphatic heterocycles. The molecule has 3 aromatic carbocycles. The topological polar surface area (TPSA) is 63.6 Å². The van der Waals surface area contributed by atoms with Gasteiger partial charge in [-0.25, -0.2) is 0 Å². The molecule has 0 unspecified atom stereocenters. The van der Waals surface area contributed by atoms with Crippen LogP contribution in [0.3, 0.4) is 0 Å². The Balaban J connectivity index is 1.74. The van der Waals surface area contributed by atoms with Crippen LogP contribution in [0.25, 0.3) is 10.8 Å². The SMILES string of the molecule is COc1ccc2cc(CCCc3cc(C)ccc3S(=O)(=O)O)ccc2c1. The molecular weight excluding hydrogens is 348 g/mol. The molecule has 1 N–H and O–H groups in total. The number of fused-ring (bicyclic) bond motifs is 1. The first-order valence-electron chi connectivity index (χ1n) is 8.50. The zero-order valence-corrected chi connectivity index (χ0v) is 15.7. The van der Waals surface area contributed by atoms with E-state index in [0.29, 0.717) is 12.0 Å². The van der Waals surface area contributed by atoms with Gasteiger partial charge in [0.1, 0.15) is 5.75 Å². The Labute approximate surface area is 154 Å². The summed E-state index contributed by atoms with van der Waals surface area (Å²) in [7, 11) is -2.54. The fourth-order valence-corrected chi connectivity index (χ4v) is 3.93. The van der Waals surface area contributed by atoms with Gasteiger partial charge in [-0.05, 0) is 66.3 Å². The number of methoxy groups -OCH3 is 1. The molecule has 4 nitrogen and oxygen atoms in total. The molecule has 0 saturated carbocycles. The van der Waals surface area contributed by atoms with Gasteiger partial charge in [0.2, 0.25) is 0 Å². The summed E-state index contributed by atoms with van der Waals surface area (Å²) in [5, 5.41) is 2.28. The van der Waals surface area contributed by atoms with Crippen molar-refractivity contribution in [2.45, 2.75) is 31.1 Å². The first-order valence-corrected chi connectivity index (χ1v) is 9.94. The molecule has 0 atom stereocenters. The smallest absolute Gasteiger partial charge is 0.294 e. The Morgan fingerprint density at radius 2 is 1.65 bits per heavy atom. The fourth-order valence-electron chi connectivity index (χ4n) is 3.19. The van der Waals surface area contributed by atoms with Gasteiger partial charge < -0.3 is 4.74 Å². The van der Waals surface area contributed by atoms with E-state index >= 15 is 0 Å². The van der Waals surface area contributed by atoms with Crippen LogP contribution in [0.2, 0.25) is 0 Å². The van der Waals surface area contributed by atoms with E-state index in [2.05, 4.69) is 18.2 Å². The number of aryl methyl sites for hydroxylation is 3. The van der Waals surface area contributed by atoms with Crippen LogP contribution >= 0.6 is 0 Å². The van der Waals surface area contributed by atoms with Crippen LogP contribution in [0.15, 0.2) is 59.5 Å². The van der Waals surface area contributed by atoms with Gasteiger partial charge in [0.05, 0.1) is 12.0 Å². The van der Waals surface area contributed by atoms with E-state index in [9.17, 15) is 13.0 Å². The lowest BCUT2D eigenvalue weighted by Gasteiger charge is -2.09. The third-order valence-electron chi connectivity index (χ3n) is 4.52. The summed E-state index contributed by atoms with van der Waals surface area (Å²) < 4.78 is 37.7. The summed E-state index contributed by atoms with van der Waals surface area (Å²) >= 11 is 0. The molecule has 0 bridgehead atoms. The lowest BCUT2D eigenvalue weighted by atomic mass is 10.0. The molecule has 0 saturated heterocycles. The minimum atomic E-state index is -4.19. The monoisotopic (exact) mass is 370 g/mol. The van der Waals surface area contributed by atoms with Crippen molar-refractivity contribution in [1.82, 2.24) is 0 Å². The minimum Gasteiger partial charge on any atom is -0.497 e. The molecule has 3 rings (SSSR count). The third kappa shape index (κ3) is 4.23. The first kappa shape index (κ1) is 18.4. The van der Waals surface area contributed by atoms with Crippen LogP contribution in [0.4, 0.5) is 0 Å². The Kier molecular flexibility index (Phi) is 5.30. The molecule has 0 heterocycles. The highest BCUT2D eigenvalue weighted by atomic mass is 32.2. The second-order valence-corrected chi connectivity index (χ2v) is 7.88. The molecule has 26 heavy (non-hydrogen) atoms. The highest BCUT2D eigenvalue weighted by Crippen LogP contribution is 2.23. The molecule has 3 aromatic rings. The van der Waals surface area contributed by atoms with E-state index in [1.807, 2.05) is 31.2 Å². The van der Waals surface area contributed by atoms with Crippen molar-refractivity contribution in [3.63, 3.8) is 0 Å². The molecule has 0 aliphatic rings. The van der Waals surface area contributed by atoms with Crippen LogP contribution < -0.4 is 4.74 Å². The molecule has 0 spiro atoms. The highest BCUT2D eigenvalue weighted by Gasteiger charge is 2.15. The standard InChI is InChI=1S/C21H22O4S/c1-15-6-11-21(26(22,23)24)19(12-15)5-3-4-16-7-8-18-14-20(25-2)10-9-17(18)13-16/h6-14H,3-5H2,1-2H3,(H,22,23,24). The lowest BCUT2D eigenvalue weighted by molar-refractivity contribution is 0.415. The van der Waals surface area contributed by atoms with Crippen molar-refractivity contribution in [3.05, 3.63) is 71.3 Å². The van der Waals surface area contributed by atoms with E-state index < -0.39 is 10.1 Å². The van der Waals surface area contributed by atoms with E-state index in [-0.39, 0.29) is 4.90 Å². The lowest BCUT2D eigenvalue weighted by Crippen LogP contribution is -2.04. The van der Waals surface area contributed by atoms with Gasteiger partial charge in [-0.3, -0.25) is 4.55 Å². The second kappa shape index (κ2) is 7.48. The molecule has 0 amide bonds. The maximum absolute atomic E-state index is 11.5. The van der Waals surface area contributed by atoms with Crippen LogP contribution in [0.5, 0.6) is 5.75 Å². The summed E-state index contributed by atoms with van der Waals surface area (Å²) in [6, 6.07) is 17.3. The summed E-state index contributed by atoms with van der Waals surface area (Å²) in [5.41, 5.74) is 2.84. The molecule has 0 fully saturated rings. The summed E-state index contributed by atoms with van der Waals surface area (Å²) in [6.45, 7) is 1.91. The van der Waals surface area contributed by atoms with E-state index in [4.69, 9.17) is 4.74 Å². The van der Waals surface area contributed by atoms with Crippen LogP contribution in [-0.4, -0.2) is 20.1 Å². The predicted octanol–water partition coefficient (Wildman–Crippen LogP) is 4.58. The zero-order valence-electron chi connectivity index (χ0n) is 14.9. The number of hydrogen-bond donors (Lipinski definition) is 1. The zero-order chi connectivity index (χ0) is 18.7. The van der Waals surface area contributed by atoms with E-state index in [1.165, 1.54) is 11.6 Å². The number of benzene rings is 3. The van der Waals surface area contributed by atoms with Gasteiger partial charge in [-0.1, -0.05) is 42.0 Å². The third-order valence-corrected chi connectivity index (χ3v) is 5.47. The Morgan fingerprint density at radius 3 is 2.38 bits per heavy atom. The maximum atomic E-state index is 11.5. The number of hydrogen-bond acceptors (Lipinski definition) is 3. The van der Waals surface area contributed by atoms with Gasteiger partial charge >= 0.3 is 0 Å². The van der Waals surface area contributed by atoms with Crippen molar-refractivity contribution < 1.29 is 17.7 Å². The molecule has 0 aliphatic carbocycles. The Hall–Kier alpha value is -2.37. The van der Waals surface area contributed by atoms with Crippen molar-refractivity contribution in [2.75, 3.05) is 7.11 Å². The average Bonchev–Trinajstić information content (AvgIpc) is 2.60. The van der Waals surface area contributed by atoms with Gasteiger partial charge in [0, 0.05) is 0 Å². The van der Waals surface area contributed by atoms with Crippen molar-refractivity contribution in [1.29, 1.82) is 0 Å². The van der Waals surface area contributed by atoms with Gasteiger partial charge in [0.25, 0.3) is 10.1 Å². The molecule has 0 radical (unpaired) electrons. The number of ether oxygens (including phenoxy) is 1. The predicted molar refractivity (Wildman–Crippen MR) is 104 cm³/mol. The van der Waals surface area contributed by atoms with Gasteiger partial charge in [0.15, 0.2) is 0 Å². The summed E-state index contributed by atoms with van der Waals surface area (Å²) in [5.74, 6) is 0.836. The normalized spacial score (nSPS) is 11.7. The van der Waals surface area contributed by atoms with Crippen LogP contribution in [-0.2, 0) is 23.0 Å². The fraction of sp³-hybridized carbons (Fsp3) is 0.238. The van der Waals surface area contributed by atoms with Crippen molar-refractivity contribution in [2.24, 2.45) is 0 Å². The van der Waals surface area contributed by atoms with Gasteiger partial charge in [-0.2, -0.15) is 8.42 Å². The Morgan fingerprint density at radius 1 is 0.923 bits per heavy atom. The molecule has 136 valence electrons. The first-order chi connectivity index (χ1) is 12.4. The number of rotatable bonds is 6. The molecular formula is C21H22O4S. The van der Waals surface area contributed by atoms with Gasteiger partial charge in [-0.15, -0.1) is 0 Å². The van der Waals surface area contributed by atoms with Crippen molar-refractivity contribution >= 4 is 20.9 Å². The van der Waals surface area contributed by atoms with Crippen molar-refractivity contribution in [3.8, 4) is 5.75 Å². The summed E-state index contributed by atoms with van der Waals surface area (Å²) in [4.78, 5) is 0.00806. The summed E-state index contributed by atoms with van der Waals surface area (Å²) in [6.07, 6.45) is 2.23. The Bertz CT molecular complexity index is 1040. The van der Waals surface area contributed by atoms with Crippen LogP contribution in [0.1, 0.15) is 23.1 Å².